The Labute approximate surface area is 136 Å². The van der Waals surface area contributed by atoms with Crippen molar-refractivity contribution in [1.82, 2.24) is 10.6 Å². The van der Waals surface area contributed by atoms with Gasteiger partial charge in [0.1, 0.15) is 11.6 Å². The lowest BCUT2D eigenvalue weighted by Gasteiger charge is -2.27. The molecule has 0 aliphatic carbocycles. The molecule has 1 atom stereocenters. The SMILES string of the molecule is CC(=O)OOC(=O)[C@H](CC1CCNCC1)NC(=O)OC(C)(C)C. The molecule has 1 heterocycles. The molecular formula is C15H26N2O6. The molecule has 0 spiro atoms. The Morgan fingerprint density at radius 2 is 1.78 bits per heavy atom. The van der Waals surface area contributed by atoms with Gasteiger partial charge in [0.05, 0.1) is 0 Å². The number of piperidine rings is 1. The number of hydrogen-bond donors (Lipinski definition) is 2. The Balaban J connectivity index is 2.64. The minimum Gasteiger partial charge on any atom is -0.444 e. The second-order valence-electron chi connectivity index (χ2n) is 6.61. The fraction of sp³-hybridized carbons (Fsp3) is 0.800. The molecule has 2 N–H and O–H groups in total. The van der Waals surface area contributed by atoms with Gasteiger partial charge in [-0.15, -0.1) is 0 Å². The van der Waals surface area contributed by atoms with Crippen molar-refractivity contribution >= 4 is 18.0 Å². The molecule has 8 nitrogen and oxygen atoms in total. The van der Waals surface area contributed by atoms with E-state index in [0.29, 0.717) is 6.42 Å². The summed E-state index contributed by atoms with van der Waals surface area (Å²) in [6.45, 7) is 8.03. The number of amides is 1. The predicted octanol–water partition coefficient (Wildman–Crippen LogP) is 1.29. The van der Waals surface area contributed by atoms with Gasteiger partial charge in [-0.1, -0.05) is 0 Å². The maximum absolute atomic E-state index is 12.0. The van der Waals surface area contributed by atoms with Crippen molar-refractivity contribution < 1.29 is 28.9 Å². The van der Waals surface area contributed by atoms with Gasteiger partial charge in [-0.2, -0.15) is 0 Å². The molecule has 1 aliphatic heterocycles. The van der Waals surface area contributed by atoms with E-state index >= 15 is 0 Å². The number of carbonyl (C=O) groups excluding carboxylic acids is 3. The summed E-state index contributed by atoms with van der Waals surface area (Å²) in [5.41, 5.74) is -0.677. The summed E-state index contributed by atoms with van der Waals surface area (Å²) in [4.78, 5) is 43.4. The molecule has 0 radical (unpaired) electrons. The van der Waals surface area contributed by atoms with Crippen LogP contribution in [0.5, 0.6) is 0 Å². The van der Waals surface area contributed by atoms with Gasteiger partial charge in [-0.3, -0.25) is 0 Å². The summed E-state index contributed by atoms with van der Waals surface area (Å²) in [6, 6.07) is -0.924. The van der Waals surface area contributed by atoms with Crippen LogP contribution in [0.15, 0.2) is 0 Å². The van der Waals surface area contributed by atoms with Crippen molar-refractivity contribution in [1.29, 1.82) is 0 Å². The third kappa shape index (κ3) is 8.39. The first-order chi connectivity index (χ1) is 10.7. The van der Waals surface area contributed by atoms with Crippen LogP contribution in [-0.2, 0) is 24.1 Å². The zero-order valence-electron chi connectivity index (χ0n) is 14.1. The van der Waals surface area contributed by atoms with Gasteiger partial charge >= 0.3 is 18.0 Å². The number of nitrogens with one attached hydrogen (secondary N) is 2. The van der Waals surface area contributed by atoms with Crippen LogP contribution in [0.2, 0.25) is 0 Å². The van der Waals surface area contributed by atoms with E-state index in [-0.39, 0.29) is 5.92 Å². The van der Waals surface area contributed by atoms with Gasteiger partial charge in [0, 0.05) is 6.92 Å². The molecule has 0 saturated carbocycles. The van der Waals surface area contributed by atoms with E-state index in [1.807, 2.05) is 0 Å². The topological polar surface area (TPSA) is 103 Å². The lowest BCUT2D eigenvalue weighted by Crippen LogP contribution is -2.46. The van der Waals surface area contributed by atoms with E-state index in [9.17, 15) is 14.4 Å². The van der Waals surface area contributed by atoms with Crippen LogP contribution in [0.1, 0.15) is 47.0 Å². The van der Waals surface area contributed by atoms with Crippen LogP contribution in [0.3, 0.4) is 0 Å². The van der Waals surface area contributed by atoms with Crippen LogP contribution in [-0.4, -0.2) is 42.8 Å². The zero-order chi connectivity index (χ0) is 17.5. The average Bonchev–Trinajstić information content (AvgIpc) is 2.43. The summed E-state index contributed by atoms with van der Waals surface area (Å²) in [7, 11) is 0. The average molecular weight is 330 g/mol. The minimum absolute atomic E-state index is 0.265. The van der Waals surface area contributed by atoms with Gasteiger partial charge in [-0.25, -0.2) is 24.2 Å². The highest BCUT2D eigenvalue weighted by molar-refractivity contribution is 5.81. The number of ether oxygens (including phenoxy) is 1. The van der Waals surface area contributed by atoms with Crippen LogP contribution in [0, 0.1) is 5.92 Å². The summed E-state index contributed by atoms with van der Waals surface area (Å²) in [6.07, 6.45) is 1.48. The Morgan fingerprint density at radius 3 is 2.30 bits per heavy atom. The monoisotopic (exact) mass is 330 g/mol. The molecule has 23 heavy (non-hydrogen) atoms. The van der Waals surface area contributed by atoms with Gasteiger partial charge in [-0.05, 0) is 59.0 Å². The maximum atomic E-state index is 12.0. The molecule has 1 amide bonds. The second kappa shape index (κ2) is 8.71. The predicted molar refractivity (Wildman–Crippen MR) is 81.2 cm³/mol. The van der Waals surface area contributed by atoms with Crippen molar-refractivity contribution in [2.75, 3.05) is 13.1 Å². The van der Waals surface area contributed by atoms with E-state index in [1.165, 1.54) is 0 Å². The van der Waals surface area contributed by atoms with Gasteiger partial charge in [0.2, 0.25) is 0 Å². The summed E-state index contributed by atoms with van der Waals surface area (Å²) < 4.78 is 5.16. The summed E-state index contributed by atoms with van der Waals surface area (Å²) in [5.74, 6) is -1.29. The Hall–Kier alpha value is -1.83. The number of hydrogen-bond acceptors (Lipinski definition) is 7. The van der Waals surface area contributed by atoms with Crippen molar-refractivity contribution in [2.24, 2.45) is 5.92 Å². The summed E-state index contributed by atoms with van der Waals surface area (Å²) in [5, 5.41) is 5.73. The highest BCUT2D eigenvalue weighted by Gasteiger charge is 2.30. The Bertz CT molecular complexity index is 426. The number of carbonyl (C=O) groups is 3. The van der Waals surface area contributed by atoms with Gasteiger partial charge < -0.3 is 15.4 Å². The highest BCUT2D eigenvalue weighted by atomic mass is 17.2. The van der Waals surface area contributed by atoms with Crippen LogP contribution >= 0.6 is 0 Å². The van der Waals surface area contributed by atoms with Crippen molar-refractivity contribution in [3.05, 3.63) is 0 Å². The molecule has 0 aromatic rings. The third-order valence-corrected chi connectivity index (χ3v) is 3.24. The zero-order valence-corrected chi connectivity index (χ0v) is 14.1. The molecule has 132 valence electrons. The lowest BCUT2D eigenvalue weighted by atomic mass is 9.91. The fourth-order valence-electron chi connectivity index (χ4n) is 2.27. The number of alkyl carbamates (subject to hydrolysis) is 1. The third-order valence-electron chi connectivity index (χ3n) is 3.24. The van der Waals surface area contributed by atoms with Gasteiger partial charge in [0.25, 0.3) is 0 Å². The molecule has 1 saturated heterocycles. The van der Waals surface area contributed by atoms with E-state index in [1.54, 1.807) is 20.8 Å². The Kier molecular flexibility index (Phi) is 7.28. The van der Waals surface area contributed by atoms with E-state index in [4.69, 9.17) is 4.74 Å². The standard InChI is InChI=1S/C15H26N2O6/c1-10(18)22-23-13(19)12(9-11-5-7-16-8-6-11)17-14(20)21-15(2,3)4/h11-12,16H,5-9H2,1-4H3,(H,17,20)/t12-/m0/s1. The van der Waals surface area contributed by atoms with E-state index < -0.39 is 29.7 Å². The molecule has 0 bridgehead atoms. The van der Waals surface area contributed by atoms with E-state index in [0.717, 1.165) is 32.9 Å². The smallest absolute Gasteiger partial charge is 0.408 e. The first-order valence-electron chi connectivity index (χ1n) is 7.76. The van der Waals surface area contributed by atoms with Crippen LogP contribution in [0.25, 0.3) is 0 Å². The van der Waals surface area contributed by atoms with E-state index in [2.05, 4.69) is 20.4 Å². The normalized spacial score (nSPS) is 17.0. The first kappa shape index (κ1) is 19.2. The first-order valence-corrected chi connectivity index (χ1v) is 7.76. The summed E-state index contributed by atoms with van der Waals surface area (Å²) >= 11 is 0. The quantitative estimate of drug-likeness (QED) is 0.591. The molecule has 8 heteroatoms. The van der Waals surface area contributed by atoms with Gasteiger partial charge in [0.15, 0.2) is 0 Å². The number of rotatable bonds is 4. The van der Waals surface area contributed by atoms with Crippen molar-refractivity contribution in [3.63, 3.8) is 0 Å². The fourth-order valence-corrected chi connectivity index (χ4v) is 2.27. The molecule has 0 aromatic heterocycles. The largest absolute Gasteiger partial charge is 0.444 e. The molecule has 1 aliphatic rings. The Morgan fingerprint density at radius 1 is 1.17 bits per heavy atom. The molecule has 1 rings (SSSR count). The highest BCUT2D eigenvalue weighted by Crippen LogP contribution is 2.19. The van der Waals surface area contributed by atoms with Crippen LogP contribution in [0.4, 0.5) is 4.79 Å². The molecule has 1 fully saturated rings. The minimum atomic E-state index is -0.924. The second-order valence-corrected chi connectivity index (χ2v) is 6.61. The lowest BCUT2D eigenvalue weighted by molar-refractivity contribution is -0.259. The maximum Gasteiger partial charge on any atom is 0.408 e. The molecule has 0 aromatic carbocycles. The van der Waals surface area contributed by atoms with Crippen LogP contribution < -0.4 is 10.6 Å². The molecular weight excluding hydrogens is 304 g/mol. The van der Waals surface area contributed by atoms with Crippen molar-refractivity contribution in [3.8, 4) is 0 Å². The van der Waals surface area contributed by atoms with Crippen molar-refractivity contribution in [2.45, 2.75) is 58.6 Å². The molecule has 0 unspecified atom stereocenters.